The molecule has 0 aliphatic heterocycles. The minimum Gasteiger partial charge on any atom is -0.425 e. The summed E-state index contributed by atoms with van der Waals surface area (Å²) in [5, 5.41) is 7.98. The summed E-state index contributed by atoms with van der Waals surface area (Å²) in [5.74, 6) is 1.63. The van der Waals surface area contributed by atoms with Crippen LogP contribution in [0.25, 0.3) is 0 Å². The van der Waals surface area contributed by atoms with Gasteiger partial charge in [-0.2, -0.15) is 0 Å². The minimum atomic E-state index is 0.281. The molecule has 2 rings (SSSR count). The van der Waals surface area contributed by atoms with Crippen molar-refractivity contribution < 1.29 is 4.42 Å². The lowest BCUT2D eigenvalue weighted by molar-refractivity contribution is 0.439. The van der Waals surface area contributed by atoms with Gasteiger partial charge in [-0.05, 0) is 17.7 Å². The van der Waals surface area contributed by atoms with E-state index in [-0.39, 0.29) is 5.92 Å². The Labute approximate surface area is 88.4 Å². The molecule has 2 heterocycles. The average Bonchev–Trinajstić information content (AvgIpc) is 2.68. The summed E-state index contributed by atoms with van der Waals surface area (Å²) >= 11 is 0. The lowest BCUT2D eigenvalue weighted by atomic mass is 10.2. The van der Waals surface area contributed by atoms with Crippen LogP contribution in [0, 0.1) is 0 Å². The zero-order valence-electron chi connectivity index (χ0n) is 8.84. The Kier molecular flexibility index (Phi) is 2.76. The van der Waals surface area contributed by atoms with Crippen molar-refractivity contribution >= 4 is 0 Å². The number of pyridine rings is 1. The van der Waals surface area contributed by atoms with Crippen molar-refractivity contribution in [1.82, 2.24) is 15.2 Å². The maximum Gasteiger partial charge on any atom is 0.220 e. The summed E-state index contributed by atoms with van der Waals surface area (Å²) in [6.45, 7) is 4.06. The summed E-state index contributed by atoms with van der Waals surface area (Å²) in [4.78, 5) is 3.95. The molecule has 0 unspecified atom stereocenters. The fraction of sp³-hybridized carbons (Fsp3) is 0.364. The first-order valence-corrected chi connectivity index (χ1v) is 4.97. The highest BCUT2D eigenvalue weighted by Crippen LogP contribution is 2.14. The number of rotatable bonds is 3. The molecule has 78 valence electrons. The van der Waals surface area contributed by atoms with Gasteiger partial charge in [0.25, 0.3) is 0 Å². The second-order valence-corrected chi connectivity index (χ2v) is 3.72. The largest absolute Gasteiger partial charge is 0.425 e. The first-order valence-electron chi connectivity index (χ1n) is 4.97. The predicted octanol–water partition coefficient (Wildman–Crippen LogP) is 2.18. The van der Waals surface area contributed by atoms with E-state index < -0.39 is 0 Å². The number of aromatic nitrogens is 3. The SMILES string of the molecule is CC(C)c1nnc(Cc2ccncc2)o1. The van der Waals surface area contributed by atoms with Crippen LogP contribution >= 0.6 is 0 Å². The highest BCUT2D eigenvalue weighted by molar-refractivity contribution is 5.13. The molecular formula is C11H13N3O. The summed E-state index contributed by atoms with van der Waals surface area (Å²) < 4.78 is 5.51. The van der Waals surface area contributed by atoms with Crippen LogP contribution in [0.5, 0.6) is 0 Å². The Hall–Kier alpha value is -1.71. The van der Waals surface area contributed by atoms with E-state index in [4.69, 9.17) is 4.42 Å². The van der Waals surface area contributed by atoms with Crippen LogP contribution in [-0.4, -0.2) is 15.2 Å². The third kappa shape index (κ3) is 2.40. The molecule has 0 aliphatic rings. The molecule has 4 heteroatoms. The van der Waals surface area contributed by atoms with Gasteiger partial charge in [0.1, 0.15) is 0 Å². The second kappa shape index (κ2) is 4.21. The van der Waals surface area contributed by atoms with E-state index in [1.54, 1.807) is 12.4 Å². The Morgan fingerprint density at radius 1 is 1.20 bits per heavy atom. The maximum absolute atomic E-state index is 5.51. The smallest absolute Gasteiger partial charge is 0.220 e. The third-order valence-corrected chi connectivity index (χ3v) is 2.08. The quantitative estimate of drug-likeness (QED) is 0.767. The lowest BCUT2D eigenvalue weighted by Crippen LogP contribution is -1.88. The molecule has 0 fully saturated rings. The van der Waals surface area contributed by atoms with Gasteiger partial charge in [-0.1, -0.05) is 13.8 Å². The highest BCUT2D eigenvalue weighted by Gasteiger charge is 2.09. The van der Waals surface area contributed by atoms with E-state index in [1.165, 1.54) is 0 Å². The van der Waals surface area contributed by atoms with Crippen LogP contribution in [0.2, 0.25) is 0 Å². The molecule has 2 aromatic rings. The Morgan fingerprint density at radius 3 is 2.53 bits per heavy atom. The molecule has 0 bridgehead atoms. The van der Waals surface area contributed by atoms with Crippen LogP contribution in [0.1, 0.15) is 37.1 Å². The van der Waals surface area contributed by atoms with Gasteiger partial charge in [0, 0.05) is 18.3 Å². The molecule has 4 nitrogen and oxygen atoms in total. The fourth-order valence-corrected chi connectivity index (χ4v) is 1.25. The highest BCUT2D eigenvalue weighted by atomic mass is 16.4. The van der Waals surface area contributed by atoms with E-state index >= 15 is 0 Å². The number of hydrogen-bond donors (Lipinski definition) is 0. The normalized spacial score (nSPS) is 10.9. The first-order chi connectivity index (χ1) is 7.25. The van der Waals surface area contributed by atoms with Crippen LogP contribution in [0.4, 0.5) is 0 Å². The molecule has 0 aromatic carbocycles. The molecule has 0 atom stereocenters. The standard InChI is InChI=1S/C11H13N3O/c1-8(2)11-14-13-10(15-11)7-9-3-5-12-6-4-9/h3-6,8H,7H2,1-2H3. The van der Waals surface area contributed by atoms with Crippen molar-refractivity contribution in [2.75, 3.05) is 0 Å². The minimum absolute atomic E-state index is 0.281. The van der Waals surface area contributed by atoms with Crippen LogP contribution in [0.15, 0.2) is 28.9 Å². The van der Waals surface area contributed by atoms with Crippen LogP contribution < -0.4 is 0 Å². The second-order valence-electron chi connectivity index (χ2n) is 3.72. The van der Waals surface area contributed by atoms with Gasteiger partial charge in [0.2, 0.25) is 11.8 Å². The van der Waals surface area contributed by atoms with Crippen molar-refractivity contribution in [3.8, 4) is 0 Å². The van der Waals surface area contributed by atoms with Crippen molar-refractivity contribution in [3.63, 3.8) is 0 Å². The maximum atomic E-state index is 5.51. The van der Waals surface area contributed by atoms with Gasteiger partial charge < -0.3 is 4.42 Å². The Bertz CT molecular complexity index is 422. The van der Waals surface area contributed by atoms with Crippen molar-refractivity contribution in [2.45, 2.75) is 26.2 Å². The fourth-order valence-electron chi connectivity index (χ4n) is 1.25. The van der Waals surface area contributed by atoms with Gasteiger partial charge in [-0.15, -0.1) is 10.2 Å². The van der Waals surface area contributed by atoms with E-state index in [0.717, 1.165) is 5.56 Å². The number of nitrogens with zero attached hydrogens (tertiary/aromatic N) is 3. The van der Waals surface area contributed by atoms with E-state index in [2.05, 4.69) is 15.2 Å². The average molecular weight is 203 g/mol. The molecule has 0 amide bonds. The Morgan fingerprint density at radius 2 is 1.93 bits per heavy atom. The molecule has 2 aromatic heterocycles. The molecule has 0 aliphatic carbocycles. The number of hydrogen-bond acceptors (Lipinski definition) is 4. The predicted molar refractivity (Wildman–Crippen MR) is 55.4 cm³/mol. The molecule has 0 spiro atoms. The molecule has 0 radical (unpaired) electrons. The van der Waals surface area contributed by atoms with Gasteiger partial charge in [-0.3, -0.25) is 4.98 Å². The molecular weight excluding hydrogens is 190 g/mol. The Balaban J connectivity index is 2.12. The summed E-state index contributed by atoms with van der Waals surface area (Å²) in [6.07, 6.45) is 4.19. The van der Waals surface area contributed by atoms with E-state index in [9.17, 15) is 0 Å². The van der Waals surface area contributed by atoms with Crippen molar-refractivity contribution in [3.05, 3.63) is 41.9 Å². The van der Waals surface area contributed by atoms with E-state index in [0.29, 0.717) is 18.2 Å². The van der Waals surface area contributed by atoms with Gasteiger partial charge in [-0.25, -0.2) is 0 Å². The van der Waals surface area contributed by atoms with Crippen molar-refractivity contribution in [2.24, 2.45) is 0 Å². The van der Waals surface area contributed by atoms with Gasteiger partial charge in [0.15, 0.2) is 0 Å². The van der Waals surface area contributed by atoms with Crippen molar-refractivity contribution in [1.29, 1.82) is 0 Å². The summed E-state index contributed by atoms with van der Waals surface area (Å²) in [6, 6.07) is 3.89. The molecule has 0 saturated carbocycles. The molecule has 0 saturated heterocycles. The van der Waals surface area contributed by atoms with Gasteiger partial charge >= 0.3 is 0 Å². The third-order valence-electron chi connectivity index (χ3n) is 2.08. The molecule has 15 heavy (non-hydrogen) atoms. The monoisotopic (exact) mass is 203 g/mol. The zero-order valence-corrected chi connectivity index (χ0v) is 8.84. The summed E-state index contributed by atoms with van der Waals surface area (Å²) in [7, 11) is 0. The van der Waals surface area contributed by atoms with E-state index in [1.807, 2.05) is 26.0 Å². The topological polar surface area (TPSA) is 51.8 Å². The van der Waals surface area contributed by atoms with Crippen LogP contribution in [0.3, 0.4) is 0 Å². The first kappa shape index (κ1) is 9.83. The van der Waals surface area contributed by atoms with Gasteiger partial charge in [0.05, 0.1) is 6.42 Å². The summed E-state index contributed by atoms with van der Waals surface area (Å²) in [5.41, 5.74) is 1.13. The lowest BCUT2D eigenvalue weighted by Gasteiger charge is -1.96. The molecule has 0 N–H and O–H groups in total. The zero-order chi connectivity index (χ0) is 10.7. The van der Waals surface area contributed by atoms with Crippen LogP contribution in [-0.2, 0) is 6.42 Å².